The molecular weight excluding hydrogens is 265 g/mol. The van der Waals surface area contributed by atoms with Gasteiger partial charge in [-0.25, -0.2) is 9.37 Å². The Hall–Kier alpha value is -1.16. The van der Waals surface area contributed by atoms with E-state index in [9.17, 15) is 4.39 Å². The molecule has 2 unspecified atom stereocenters. The van der Waals surface area contributed by atoms with Crippen LogP contribution in [-0.4, -0.2) is 24.1 Å². The fraction of sp³-hybridized carbons (Fsp3) is 0.706. The highest BCUT2D eigenvalue weighted by Crippen LogP contribution is 2.38. The van der Waals surface area contributed by atoms with Crippen molar-refractivity contribution in [2.75, 3.05) is 18.0 Å². The highest BCUT2D eigenvalue weighted by atomic mass is 19.1. The summed E-state index contributed by atoms with van der Waals surface area (Å²) in [5, 5.41) is 3.21. The van der Waals surface area contributed by atoms with Gasteiger partial charge >= 0.3 is 0 Å². The van der Waals surface area contributed by atoms with E-state index in [1.807, 2.05) is 6.92 Å². The third-order valence-electron chi connectivity index (χ3n) is 5.03. The zero-order chi connectivity index (χ0) is 14.7. The topological polar surface area (TPSA) is 28.2 Å². The van der Waals surface area contributed by atoms with Gasteiger partial charge in [0.25, 0.3) is 0 Å². The van der Waals surface area contributed by atoms with Crippen molar-refractivity contribution >= 4 is 5.82 Å². The van der Waals surface area contributed by atoms with Crippen LogP contribution in [0, 0.1) is 11.7 Å². The van der Waals surface area contributed by atoms with Crippen molar-refractivity contribution < 1.29 is 4.39 Å². The summed E-state index contributed by atoms with van der Waals surface area (Å²) in [6, 6.07) is 2.30. The van der Waals surface area contributed by atoms with Crippen LogP contribution in [0.2, 0.25) is 0 Å². The molecule has 1 saturated carbocycles. The molecule has 1 aliphatic carbocycles. The second-order valence-corrected chi connectivity index (χ2v) is 6.34. The molecule has 2 atom stereocenters. The number of halogens is 1. The highest BCUT2D eigenvalue weighted by molar-refractivity contribution is 5.45. The third kappa shape index (κ3) is 3.05. The quantitative estimate of drug-likeness (QED) is 0.920. The first-order chi connectivity index (χ1) is 10.3. The summed E-state index contributed by atoms with van der Waals surface area (Å²) in [5.74, 6) is 1.21. The molecule has 3 rings (SSSR count). The van der Waals surface area contributed by atoms with Crippen LogP contribution in [0.3, 0.4) is 0 Å². The molecule has 0 amide bonds. The number of nitrogens with one attached hydrogen (secondary N) is 1. The molecule has 4 heteroatoms. The minimum Gasteiger partial charge on any atom is -0.351 e. The molecule has 0 bridgehead atoms. The summed E-state index contributed by atoms with van der Waals surface area (Å²) >= 11 is 0. The van der Waals surface area contributed by atoms with Gasteiger partial charge in [0, 0.05) is 30.9 Å². The number of anilines is 1. The van der Waals surface area contributed by atoms with Crippen LogP contribution < -0.4 is 10.2 Å². The number of nitrogens with zero attached hydrogens (tertiary/aromatic N) is 2. The molecule has 0 spiro atoms. The summed E-state index contributed by atoms with van der Waals surface area (Å²) in [4.78, 5) is 6.65. The first-order valence-electron chi connectivity index (χ1n) is 8.42. The van der Waals surface area contributed by atoms with Crippen LogP contribution in [0.5, 0.6) is 0 Å². The molecule has 116 valence electrons. The van der Waals surface area contributed by atoms with Crippen molar-refractivity contribution in [3.63, 3.8) is 0 Å². The van der Waals surface area contributed by atoms with Gasteiger partial charge in [0.1, 0.15) is 0 Å². The summed E-state index contributed by atoms with van der Waals surface area (Å²) in [7, 11) is 0. The van der Waals surface area contributed by atoms with E-state index in [1.165, 1.54) is 38.5 Å². The van der Waals surface area contributed by atoms with Crippen LogP contribution in [0.4, 0.5) is 10.2 Å². The Morgan fingerprint density at radius 3 is 2.95 bits per heavy atom. The number of aromatic nitrogens is 1. The van der Waals surface area contributed by atoms with Gasteiger partial charge in [0.15, 0.2) is 11.6 Å². The zero-order valence-electron chi connectivity index (χ0n) is 12.9. The predicted octanol–water partition coefficient (Wildman–Crippen LogP) is 3.49. The van der Waals surface area contributed by atoms with E-state index in [4.69, 9.17) is 0 Å². The maximum atomic E-state index is 14.8. The van der Waals surface area contributed by atoms with E-state index in [0.717, 1.165) is 24.6 Å². The average Bonchev–Trinajstić information content (AvgIpc) is 2.53. The number of hydrogen-bond donors (Lipinski definition) is 1. The number of fused-ring (bicyclic) bond motifs is 1. The fourth-order valence-corrected chi connectivity index (χ4v) is 3.96. The van der Waals surface area contributed by atoms with E-state index < -0.39 is 0 Å². The van der Waals surface area contributed by atoms with Crippen molar-refractivity contribution in [3.8, 4) is 0 Å². The van der Waals surface area contributed by atoms with Gasteiger partial charge in [-0.1, -0.05) is 19.8 Å². The van der Waals surface area contributed by atoms with Gasteiger partial charge in [-0.2, -0.15) is 0 Å². The van der Waals surface area contributed by atoms with Gasteiger partial charge in [0.05, 0.1) is 0 Å². The lowest BCUT2D eigenvalue weighted by Gasteiger charge is -2.44. The smallest absolute Gasteiger partial charge is 0.170 e. The Labute approximate surface area is 126 Å². The highest BCUT2D eigenvalue weighted by Gasteiger charge is 2.35. The maximum absolute atomic E-state index is 14.8. The van der Waals surface area contributed by atoms with Crippen molar-refractivity contribution in [2.45, 2.75) is 58.0 Å². The number of hydrogen-bond acceptors (Lipinski definition) is 3. The van der Waals surface area contributed by atoms with Gasteiger partial charge in [-0.3, -0.25) is 0 Å². The summed E-state index contributed by atoms with van der Waals surface area (Å²) in [5.41, 5.74) is 0.736. The molecule has 21 heavy (non-hydrogen) atoms. The Balaban J connectivity index is 1.84. The van der Waals surface area contributed by atoms with Crippen molar-refractivity contribution in [1.29, 1.82) is 0 Å². The molecule has 3 nitrogen and oxygen atoms in total. The third-order valence-corrected chi connectivity index (χ3v) is 5.03. The second kappa shape index (κ2) is 6.73. The standard InChI is InChI=1S/C17H26FN3/c1-2-19-12-14-9-10-20-17(16(14)18)21-11-5-7-13-6-3-4-8-15(13)21/h9-10,13,15,19H,2-8,11-12H2,1H3. The van der Waals surface area contributed by atoms with E-state index in [2.05, 4.69) is 15.2 Å². The lowest BCUT2D eigenvalue weighted by molar-refractivity contribution is 0.241. The second-order valence-electron chi connectivity index (χ2n) is 6.34. The maximum Gasteiger partial charge on any atom is 0.170 e. The number of pyridine rings is 1. The zero-order valence-corrected chi connectivity index (χ0v) is 12.9. The lowest BCUT2D eigenvalue weighted by atomic mass is 9.78. The number of rotatable bonds is 4. The molecule has 1 N–H and O–H groups in total. The molecular formula is C17H26FN3. The molecule has 0 aromatic carbocycles. The molecule has 1 saturated heterocycles. The van der Waals surface area contributed by atoms with E-state index in [0.29, 0.717) is 18.4 Å². The normalized spacial score (nSPS) is 25.7. The molecule has 2 aliphatic rings. The molecule has 2 fully saturated rings. The van der Waals surface area contributed by atoms with Crippen LogP contribution in [0.1, 0.15) is 51.0 Å². The minimum atomic E-state index is -0.121. The molecule has 1 aromatic heterocycles. The lowest BCUT2D eigenvalue weighted by Crippen LogP contribution is -2.47. The Bertz CT molecular complexity index is 475. The predicted molar refractivity (Wildman–Crippen MR) is 83.9 cm³/mol. The molecule has 0 radical (unpaired) electrons. The Morgan fingerprint density at radius 1 is 1.29 bits per heavy atom. The molecule has 1 aromatic rings. The van der Waals surface area contributed by atoms with E-state index >= 15 is 0 Å². The van der Waals surface area contributed by atoms with Crippen LogP contribution in [0.15, 0.2) is 12.3 Å². The first kappa shape index (κ1) is 14.8. The van der Waals surface area contributed by atoms with E-state index in [1.54, 1.807) is 12.3 Å². The van der Waals surface area contributed by atoms with Crippen LogP contribution >= 0.6 is 0 Å². The van der Waals surface area contributed by atoms with Crippen LogP contribution in [0.25, 0.3) is 0 Å². The fourth-order valence-electron chi connectivity index (χ4n) is 3.96. The van der Waals surface area contributed by atoms with Crippen LogP contribution in [-0.2, 0) is 6.54 Å². The number of piperidine rings is 1. The van der Waals surface area contributed by atoms with Gasteiger partial charge < -0.3 is 10.2 Å². The van der Waals surface area contributed by atoms with Crippen molar-refractivity contribution in [3.05, 3.63) is 23.6 Å². The largest absolute Gasteiger partial charge is 0.351 e. The van der Waals surface area contributed by atoms with Gasteiger partial charge in [-0.05, 0) is 44.2 Å². The SMILES string of the molecule is CCNCc1ccnc(N2CCCC3CCCCC32)c1F. The summed E-state index contributed by atoms with van der Waals surface area (Å²) in [6.45, 7) is 4.43. The van der Waals surface area contributed by atoms with Gasteiger partial charge in [0.2, 0.25) is 0 Å². The molecule has 2 heterocycles. The summed E-state index contributed by atoms with van der Waals surface area (Å²) < 4.78 is 14.8. The van der Waals surface area contributed by atoms with Gasteiger partial charge in [-0.15, -0.1) is 0 Å². The van der Waals surface area contributed by atoms with Crippen molar-refractivity contribution in [1.82, 2.24) is 10.3 Å². The monoisotopic (exact) mass is 291 g/mol. The van der Waals surface area contributed by atoms with Crippen molar-refractivity contribution in [2.24, 2.45) is 5.92 Å². The van der Waals surface area contributed by atoms with E-state index in [-0.39, 0.29) is 5.82 Å². The first-order valence-corrected chi connectivity index (χ1v) is 8.42. The Morgan fingerprint density at radius 2 is 2.10 bits per heavy atom. The average molecular weight is 291 g/mol. The summed E-state index contributed by atoms with van der Waals surface area (Å²) in [6.07, 6.45) is 9.35. The Kier molecular flexibility index (Phi) is 4.73. The minimum absolute atomic E-state index is 0.121. The molecule has 1 aliphatic heterocycles.